The number of hydrogen-bond acceptors (Lipinski definition) is 6. The minimum absolute atomic E-state index is 0.00420. The number of ether oxygens (including phenoxy) is 2. The lowest BCUT2D eigenvalue weighted by molar-refractivity contribution is -0.120. The molecule has 1 aromatic carbocycles. The fraction of sp³-hybridized carbons (Fsp3) is 0.368. The number of likely N-dealkylation sites (N-methyl/N-ethyl adjacent to an activating group) is 1. The van der Waals surface area contributed by atoms with Crippen LogP contribution in [0.25, 0.3) is 0 Å². The van der Waals surface area contributed by atoms with Crippen LogP contribution in [0.5, 0.6) is 5.75 Å². The van der Waals surface area contributed by atoms with Crippen LogP contribution in [0, 0.1) is 0 Å². The number of carbonyl (C=O) groups is 2. The van der Waals surface area contributed by atoms with Gasteiger partial charge in [-0.1, -0.05) is 12.1 Å². The number of amides is 2. The third kappa shape index (κ3) is 3.02. The normalized spacial score (nSPS) is 20.3. The second-order valence-electron chi connectivity index (χ2n) is 7.07. The molecule has 3 heterocycles. The molecule has 0 bridgehead atoms. The van der Waals surface area contributed by atoms with Crippen LogP contribution in [0.2, 0.25) is 0 Å². The molecule has 0 unspecified atom stereocenters. The third-order valence-corrected chi connectivity index (χ3v) is 4.79. The van der Waals surface area contributed by atoms with Crippen molar-refractivity contribution in [1.82, 2.24) is 15.3 Å². The quantitative estimate of drug-likeness (QED) is 0.861. The van der Waals surface area contributed by atoms with Crippen LogP contribution in [-0.2, 0) is 21.7 Å². The van der Waals surface area contributed by atoms with Crippen molar-refractivity contribution in [3.05, 3.63) is 47.5 Å². The minimum Gasteiger partial charge on any atom is -0.489 e. The summed E-state index contributed by atoms with van der Waals surface area (Å²) in [6.07, 6.45) is 1.60. The van der Waals surface area contributed by atoms with Gasteiger partial charge in [-0.25, -0.2) is 9.97 Å². The molecule has 2 aromatic rings. The van der Waals surface area contributed by atoms with Crippen molar-refractivity contribution in [2.45, 2.75) is 32.1 Å². The topological polar surface area (TPSA) is 93.7 Å². The highest BCUT2D eigenvalue weighted by atomic mass is 16.5. The van der Waals surface area contributed by atoms with Crippen LogP contribution in [0.1, 0.15) is 35.7 Å². The maximum atomic E-state index is 12.7. The van der Waals surface area contributed by atoms with Crippen molar-refractivity contribution in [2.24, 2.45) is 0 Å². The van der Waals surface area contributed by atoms with Crippen molar-refractivity contribution < 1.29 is 19.1 Å². The average Bonchev–Trinajstić information content (AvgIpc) is 2.92. The highest BCUT2D eigenvalue weighted by Gasteiger charge is 2.35. The monoisotopic (exact) mass is 368 g/mol. The Morgan fingerprint density at radius 1 is 1.33 bits per heavy atom. The zero-order valence-electron chi connectivity index (χ0n) is 15.4. The summed E-state index contributed by atoms with van der Waals surface area (Å²) in [6.45, 7) is 4.23. The van der Waals surface area contributed by atoms with E-state index in [1.807, 2.05) is 26.0 Å². The number of aromatic nitrogens is 2. The largest absolute Gasteiger partial charge is 0.489 e. The molecule has 4 rings (SSSR count). The summed E-state index contributed by atoms with van der Waals surface area (Å²) in [5.74, 6) is -0.192. The standard InChI is InChI=1S/C19H20N4O4/c1-19(2)15-11(9-27-19)8-20-16(22-15)17(24)21-12-10-26-14-7-5-4-6-13(14)23(3)18(12)25/h4-8,12H,9-10H2,1-3H3,(H,21,24)/t12-/m0/s1. The number of rotatable bonds is 2. The lowest BCUT2D eigenvalue weighted by atomic mass is 10.0. The van der Waals surface area contributed by atoms with E-state index in [0.29, 0.717) is 23.7 Å². The molecule has 1 aromatic heterocycles. The van der Waals surface area contributed by atoms with E-state index < -0.39 is 17.6 Å². The molecule has 0 aliphatic carbocycles. The molecule has 0 saturated heterocycles. The molecule has 0 spiro atoms. The number of anilines is 1. The van der Waals surface area contributed by atoms with Crippen LogP contribution >= 0.6 is 0 Å². The Hall–Kier alpha value is -3.00. The molecule has 2 amide bonds. The molecular formula is C19H20N4O4. The van der Waals surface area contributed by atoms with E-state index in [-0.39, 0.29) is 18.3 Å². The average molecular weight is 368 g/mol. The summed E-state index contributed by atoms with van der Waals surface area (Å²) < 4.78 is 11.4. The molecule has 0 radical (unpaired) electrons. The summed E-state index contributed by atoms with van der Waals surface area (Å²) in [5, 5.41) is 2.69. The summed E-state index contributed by atoms with van der Waals surface area (Å²) in [7, 11) is 1.65. The van der Waals surface area contributed by atoms with E-state index in [1.54, 1.807) is 25.4 Å². The first kappa shape index (κ1) is 17.4. The maximum Gasteiger partial charge on any atom is 0.289 e. The Labute approximate surface area is 156 Å². The van der Waals surface area contributed by atoms with E-state index in [1.165, 1.54) is 4.90 Å². The molecule has 8 heteroatoms. The molecule has 2 aliphatic rings. The predicted molar refractivity (Wildman–Crippen MR) is 96.4 cm³/mol. The zero-order chi connectivity index (χ0) is 19.2. The molecule has 27 heavy (non-hydrogen) atoms. The van der Waals surface area contributed by atoms with Crippen molar-refractivity contribution in [1.29, 1.82) is 0 Å². The van der Waals surface area contributed by atoms with Gasteiger partial charge in [0.2, 0.25) is 5.82 Å². The summed E-state index contributed by atoms with van der Waals surface area (Å²) in [6, 6.07) is 6.40. The van der Waals surface area contributed by atoms with Crippen LogP contribution < -0.4 is 15.0 Å². The van der Waals surface area contributed by atoms with Crippen molar-refractivity contribution >= 4 is 17.5 Å². The number of nitrogens with zero attached hydrogens (tertiary/aromatic N) is 3. The fourth-order valence-corrected chi connectivity index (χ4v) is 3.25. The Kier molecular flexibility index (Phi) is 4.07. The van der Waals surface area contributed by atoms with Crippen molar-refractivity contribution in [3.8, 4) is 5.75 Å². The van der Waals surface area contributed by atoms with E-state index in [0.717, 1.165) is 5.56 Å². The fourth-order valence-electron chi connectivity index (χ4n) is 3.25. The van der Waals surface area contributed by atoms with Gasteiger partial charge in [0, 0.05) is 18.8 Å². The van der Waals surface area contributed by atoms with E-state index >= 15 is 0 Å². The van der Waals surface area contributed by atoms with Gasteiger partial charge in [-0.05, 0) is 26.0 Å². The SMILES string of the molecule is CN1C(=O)[C@@H](NC(=O)c2ncc3c(n2)C(C)(C)OC3)COc2ccccc21. The number of carbonyl (C=O) groups excluding carboxylic acids is 2. The number of benzene rings is 1. The summed E-state index contributed by atoms with van der Waals surface area (Å²) in [5.41, 5.74) is 1.64. The first-order chi connectivity index (χ1) is 12.9. The van der Waals surface area contributed by atoms with Gasteiger partial charge in [0.15, 0.2) is 0 Å². The van der Waals surface area contributed by atoms with E-state index in [2.05, 4.69) is 15.3 Å². The van der Waals surface area contributed by atoms with Gasteiger partial charge in [-0.2, -0.15) is 0 Å². The Morgan fingerprint density at radius 2 is 2.11 bits per heavy atom. The lowest BCUT2D eigenvalue weighted by Crippen LogP contribution is -2.49. The number of fused-ring (bicyclic) bond motifs is 2. The summed E-state index contributed by atoms with van der Waals surface area (Å²) in [4.78, 5) is 35.4. The van der Waals surface area contributed by atoms with Gasteiger partial charge in [-0.15, -0.1) is 0 Å². The van der Waals surface area contributed by atoms with Crippen LogP contribution in [-0.4, -0.2) is 41.5 Å². The number of hydrogen-bond donors (Lipinski definition) is 1. The molecular weight excluding hydrogens is 348 g/mol. The van der Waals surface area contributed by atoms with Crippen molar-refractivity contribution in [2.75, 3.05) is 18.6 Å². The van der Waals surface area contributed by atoms with Gasteiger partial charge in [0.05, 0.1) is 18.0 Å². The van der Waals surface area contributed by atoms with Crippen LogP contribution in [0.3, 0.4) is 0 Å². The Morgan fingerprint density at radius 3 is 2.93 bits per heavy atom. The lowest BCUT2D eigenvalue weighted by Gasteiger charge is -2.20. The number of para-hydroxylation sites is 2. The highest BCUT2D eigenvalue weighted by Crippen LogP contribution is 2.33. The minimum atomic E-state index is -0.837. The second kappa shape index (κ2) is 6.31. The predicted octanol–water partition coefficient (Wildman–Crippen LogP) is 1.40. The van der Waals surface area contributed by atoms with Gasteiger partial charge in [0.25, 0.3) is 11.8 Å². The Balaban J connectivity index is 1.55. The first-order valence-corrected chi connectivity index (χ1v) is 8.67. The summed E-state index contributed by atoms with van der Waals surface area (Å²) >= 11 is 0. The first-order valence-electron chi connectivity index (χ1n) is 8.67. The molecule has 1 N–H and O–H groups in total. The molecule has 140 valence electrons. The van der Waals surface area contributed by atoms with Gasteiger partial charge in [-0.3, -0.25) is 9.59 Å². The Bertz CT molecular complexity index is 928. The van der Waals surface area contributed by atoms with E-state index in [4.69, 9.17) is 9.47 Å². The maximum absolute atomic E-state index is 12.7. The van der Waals surface area contributed by atoms with E-state index in [9.17, 15) is 9.59 Å². The smallest absolute Gasteiger partial charge is 0.289 e. The number of nitrogens with one attached hydrogen (secondary N) is 1. The van der Waals surface area contributed by atoms with Gasteiger partial charge < -0.3 is 19.7 Å². The van der Waals surface area contributed by atoms with Gasteiger partial charge in [0.1, 0.15) is 24.0 Å². The second-order valence-corrected chi connectivity index (χ2v) is 7.07. The van der Waals surface area contributed by atoms with Crippen molar-refractivity contribution in [3.63, 3.8) is 0 Å². The molecule has 0 saturated carbocycles. The van der Waals surface area contributed by atoms with Gasteiger partial charge >= 0.3 is 0 Å². The molecule has 1 atom stereocenters. The highest BCUT2D eigenvalue weighted by molar-refractivity contribution is 6.02. The third-order valence-electron chi connectivity index (χ3n) is 4.79. The zero-order valence-corrected chi connectivity index (χ0v) is 15.4. The molecule has 0 fully saturated rings. The van der Waals surface area contributed by atoms with Crippen LogP contribution in [0.4, 0.5) is 5.69 Å². The molecule has 2 aliphatic heterocycles. The molecule has 8 nitrogen and oxygen atoms in total. The van der Waals surface area contributed by atoms with Crippen LogP contribution in [0.15, 0.2) is 30.5 Å².